The maximum atomic E-state index is 11.7. The fraction of sp³-hybridized carbons (Fsp3) is 0.500. The Morgan fingerprint density at radius 2 is 2.00 bits per heavy atom. The van der Waals surface area contributed by atoms with E-state index in [1.165, 1.54) is 7.11 Å². The SMILES string of the molecule is [C-]#[N+]C(C)c1c(C(=O)OC)c(C)n(C)c1C. The van der Waals surface area contributed by atoms with Crippen molar-refractivity contribution >= 4 is 5.97 Å². The molecule has 0 aromatic carbocycles. The summed E-state index contributed by atoms with van der Waals surface area (Å²) in [5.41, 5.74) is 3.10. The Kier molecular flexibility index (Phi) is 3.38. The molecule has 1 atom stereocenters. The van der Waals surface area contributed by atoms with Gasteiger partial charge in [-0.1, -0.05) is 0 Å². The summed E-state index contributed by atoms with van der Waals surface area (Å²) in [6.07, 6.45) is 0. The number of carbonyl (C=O) groups excluding carboxylic acids is 1. The summed E-state index contributed by atoms with van der Waals surface area (Å²) in [5.74, 6) is -0.369. The number of esters is 1. The Morgan fingerprint density at radius 3 is 2.44 bits per heavy atom. The van der Waals surface area contributed by atoms with E-state index >= 15 is 0 Å². The lowest BCUT2D eigenvalue weighted by atomic mass is 10.0. The number of methoxy groups -OCH3 is 1. The number of nitrogens with zero attached hydrogens (tertiary/aromatic N) is 2. The molecule has 16 heavy (non-hydrogen) atoms. The fourth-order valence-electron chi connectivity index (χ4n) is 1.91. The molecule has 0 saturated heterocycles. The monoisotopic (exact) mass is 220 g/mol. The number of ether oxygens (including phenoxy) is 1. The number of aromatic nitrogens is 1. The number of carbonyl (C=O) groups is 1. The summed E-state index contributed by atoms with van der Waals surface area (Å²) in [4.78, 5) is 15.2. The van der Waals surface area contributed by atoms with Crippen LogP contribution in [0.15, 0.2) is 0 Å². The first-order chi connectivity index (χ1) is 7.45. The quantitative estimate of drug-likeness (QED) is 0.566. The van der Waals surface area contributed by atoms with E-state index in [2.05, 4.69) is 4.85 Å². The van der Waals surface area contributed by atoms with E-state index in [0.29, 0.717) is 5.56 Å². The summed E-state index contributed by atoms with van der Waals surface area (Å²) >= 11 is 0. The average molecular weight is 220 g/mol. The first-order valence-corrected chi connectivity index (χ1v) is 5.06. The Morgan fingerprint density at radius 1 is 1.44 bits per heavy atom. The van der Waals surface area contributed by atoms with Crippen LogP contribution in [0.2, 0.25) is 0 Å². The number of hydrogen-bond acceptors (Lipinski definition) is 2. The molecule has 0 fully saturated rings. The van der Waals surface area contributed by atoms with E-state index in [1.807, 2.05) is 25.5 Å². The highest BCUT2D eigenvalue weighted by Gasteiger charge is 2.28. The lowest BCUT2D eigenvalue weighted by Gasteiger charge is -2.03. The van der Waals surface area contributed by atoms with Crippen LogP contribution in [-0.4, -0.2) is 17.6 Å². The molecular weight excluding hydrogens is 204 g/mol. The van der Waals surface area contributed by atoms with Crippen molar-refractivity contribution in [3.63, 3.8) is 0 Å². The summed E-state index contributed by atoms with van der Waals surface area (Å²) in [6.45, 7) is 12.6. The van der Waals surface area contributed by atoms with Crippen LogP contribution in [0.4, 0.5) is 0 Å². The van der Waals surface area contributed by atoms with Gasteiger partial charge in [0.05, 0.1) is 18.2 Å². The van der Waals surface area contributed by atoms with E-state index in [9.17, 15) is 4.79 Å². The normalized spacial score (nSPS) is 12.0. The lowest BCUT2D eigenvalue weighted by Crippen LogP contribution is -2.06. The predicted molar refractivity (Wildman–Crippen MR) is 61.2 cm³/mol. The second kappa shape index (κ2) is 4.40. The molecule has 0 N–H and O–H groups in total. The Balaban J connectivity index is 3.52. The van der Waals surface area contributed by atoms with Crippen molar-refractivity contribution in [3.8, 4) is 0 Å². The molecule has 4 nitrogen and oxygen atoms in total. The van der Waals surface area contributed by atoms with Crippen LogP contribution in [0.3, 0.4) is 0 Å². The van der Waals surface area contributed by atoms with Crippen molar-refractivity contribution in [2.45, 2.75) is 26.8 Å². The minimum Gasteiger partial charge on any atom is -0.465 e. The molecule has 0 spiro atoms. The molecule has 0 aliphatic carbocycles. The molecule has 0 amide bonds. The molecule has 0 aliphatic rings. The molecule has 0 aliphatic heterocycles. The first-order valence-electron chi connectivity index (χ1n) is 5.06. The third kappa shape index (κ3) is 1.69. The second-order valence-corrected chi connectivity index (χ2v) is 3.82. The molecule has 1 unspecified atom stereocenters. The maximum Gasteiger partial charge on any atom is 0.340 e. The standard InChI is InChI=1S/C12H16N2O2/c1-7(13-4)10-8(2)14(5)9(3)11(10)12(15)16-6/h7H,1-3,5-6H3. The van der Waals surface area contributed by atoms with Crippen molar-refractivity contribution in [2.24, 2.45) is 7.05 Å². The maximum absolute atomic E-state index is 11.7. The van der Waals surface area contributed by atoms with Crippen LogP contribution in [0.25, 0.3) is 4.85 Å². The van der Waals surface area contributed by atoms with E-state index in [0.717, 1.165) is 17.0 Å². The second-order valence-electron chi connectivity index (χ2n) is 3.82. The lowest BCUT2D eigenvalue weighted by molar-refractivity contribution is 0.0598. The summed E-state index contributed by atoms with van der Waals surface area (Å²) in [5, 5.41) is 0. The largest absolute Gasteiger partial charge is 0.465 e. The van der Waals surface area contributed by atoms with Crippen LogP contribution < -0.4 is 0 Å². The van der Waals surface area contributed by atoms with Crippen molar-refractivity contribution in [1.82, 2.24) is 4.57 Å². The summed E-state index contributed by atoms with van der Waals surface area (Å²) in [7, 11) is 3.24. The van der Waals surface area contributed by atoms with E-state index in [-0.39, 0.29) is 12.0 Å². The molecule has 1 rings (SSSR count). The molecule has 1 heterocycles. The topological polar surface area (TPSA) is 35.6 Å². The minimum atomic E-state index is -0.369. The van der Waals surface area contributed by atoms with Crippen molar-refractivity contribution in [2.75, 3.05) is 7.11 Å². The van der Waals surface area contributed by atoms with Crippen LogP contribution in [-0.2, 0) is 11.8 Å². The summed E-state index contributed by atoms with van der Waals surface area (Å²) < 4.78 is 6.69. The molecule has 0 saturated carbocycles. The third-order valence-corrected chi connectivity index (χ3v) is 3.03. The van der Waals surface area contributed by atoms with Gasteiger partial charge < -0.3 is 14.1 Å². The van der Waals surface area contributed by atoms with Crippen molar-refractivity contribution < 1.29 is 9.53 Å². The molecule has 1 aromatic heterocycles. The van der Waals surface area contributed by atoms with Gasteiger partial charge >= 0.3 is 5.97 Å². The van der Waals surface area contributed by atoms with Crippen LogP contribution in [0.1, 0.15) is 40.3 Å². The first kappa shape index (κ1) is 12.3. The molecule has 86 valence electrons. The van der Waals surface area contributed by atoms with Crippen LogP contribution >= 0.6 is 0 Å². The Hall–Kier alpha value is -1.76. The minimum absolute atomic E-state index is 0.325. The van der Waals surface area contributed by atoms with Crippen molar-refractivity contribution in [3.05, 3.63) is 33.9 Å². The van der Waals surface area contributed by atoms with Gasteiger partial charge in [-0.15, -0.1) is 0 Å². The van der Waals surface area contributed by atoms with E-state index in [1.54, 1.807) is 6.92 Å². The molecule has 1 aromatic rings. The van der Waals surface area contributed by atoms with Gasteiger partial charge in [0.15, 0.2) is 0 Å². The molecule has 0 bridgehead atoms. The van der Waals surface area contributed by atoms with Gasteiger partial charge in [0.1, 0.15) is 0 Å². The molecule has 4 heteroatoms. The van der Waals surface area contributed by atoms with Gasteiger partial charge in [0, 0.05) is 25.4 Å². The zero-order valence-electron chi connectivity index (χ0n) is 10.3. The van der Waals surface area contributed by atoms with Crippen molar-refractivity contribution in [1.29, 1.82) is 0 Å². The number of rotatable bonds is 2. The van der Waals surface area contributed by atoms with Gasteiger partial charge in [-0.2, -0.15) is 0 Å². The van der Waals surface area contributed by atoms with Gasteiger partial charge in [0.2, 0.25) is 6.04 Å². The molecule has 0 radical (unpaired) electrons. The third-order valence-electron chi connectivity index (χ3n) is 3.03. The fourth-order valence-corrected chi connectivity index (χ4v) is 1.91. The van der Waals surface area contributed by atoms with Crippen LogP contribution in [0.5, 0.6) is 0 Å². The summed E-state index contributed by atoms with van der Waals surface area (Å²) in [6, 6.07) is -0.325. The molecular formula is C12H16N2O2. The Bertz CT molecular complexity index is 466. The zero-order valence-corrected chi connectivity index (χ0v) is 10.3. The van der Waals surface area contributed by atoms with Gasteiger partial charge in [-0.25, -0.2) is 11.4 Å². The highest BCUT2D eigenvalue weighted by molar-refractivity contribution is 5.93. The van der Waals surface area contributed by atoms with E-state index in [4.69, 9.17) is 11.3 Å². The highest BCUT2D eigenvalue weighted by Crippen LogP contribution is 2.29. The highest BCUT2D eigenvalue weighted by atomic mass is 16.5. The zero-order chi connectivity index (χ0) is 12.5. The average Bonchev–Trinajstić information content (AvgIpc) is 2.51. The smallest absolute Gasteiger partial charge is 0.340 e. The van der Waals surface area contributed by atoms with E-state index < -0.39 is 0 Å². The van der Waals surface area contributed by atoms with Gasteiger partial charge in [-0.05, 0) is 13.8 Å². The van der Waals surface area contributed by atoms with Crippen LogP contribution in [0, 0.1) is 20.4 Å². The Labute approximate surface area is 95.6 Å². The number of hydrogen-bond donors (Lipinski definition) is 0. The van der Waals surface area contributed by atoms with Gasteiger partial charge in [-0.3, -0.25) is 0 Å². The van der Waals surface area contributed by atoms with Gasteiger partial charge in [0.25, 0.3) is 0 Å². The predicted octanol–water partition coefficient (Wildman–Crippen LogP) is 2.41.